The number of anilines is 1. The van der Waals surface area contributed by atoms with Crippen LogP contribution in [-0.4, -0.2) is 14.2 Å². The SMILES string of the molecule is COc1ccc(C2CC(N)c3ccccc3N2)cc1OC. The van der Waals surface area contributed by atoms with E-state index in [1.165, 1.54) is 5.56 Å². The maximum Gasteiger partial charge on any atom is 0.161 e. The van der Waals surface area contributed by atoms with Gasteiger partial charge in [0.1, 0.15) is 0 Å². The number of fused-ring (bicyclic) bond motifs is 1. The number of rotatable bonds is 3. The van der Waals surface area contributed by atoms with Gasteiger partial charge in [-0.25, -0.2) is 0 Å². The van der Waals surface area contributed by atoms with Gasteiger partial charge >= 0.3 is 0 Å². The molecule has 0 saturated carbocycles. The van der Waals surface area contributed by atoms with E-state index < -0.39 is 0 Å². The Morgan fingerprint density at radius 3 is 2.57 bits per heavy atom. The zero-order chi connectivity index (χ0) is 14.8. The van der Waals surface area contributed by atoms with Gasteiger partial charge in [0.15, 0.2) is 11.5 Å². The van der Waals surface area contributed by atoms with E-state index >= 15 is 0 Å². The molecule has 3 N–H and O–H groups in total. The summed E-state index contributed by atoms with van der Waals surface area (Å²) >= 11 is 0. The van der Waals surface area contributed by atoms with E-state index in [-0.39, 0.29) is 12.1 Å². The summed E-state index contributed by atoms with van der Waals surface area (Å²) in [5.41, 5.74) is 9.74. The Morgan fingerprint density at radius 2 is 1.81 bits per heavy atom. The fourth-order valence-corrected chi connectivity index (χ4v) is 2.87. The summed E-state index contributed by atoms with van der Waals surface area (Å²) in [6.07, 6.45) is 0.854. The van der Waals surface area contributed by atoms with E-state index in [1.807, 2.05) is 24.3 Å². The number of nitrogens with one attached hydrogen (secondary N) is 1. The molecule has 0 saturated heterocycles. The van der Waals surface area contributed by atoms with Gasteiger partial charge in [-0.3, -0.25) is 0 Å². The summed E-state index contributed by atoms with van der Waals surface area (Å²) in [6, 6.07) is 14.4. The Bertz CT molecular complexity index is 642. The van der Waals surface area contributed by atoms with Crippen LogP contribution in [0, 0.1) is 0 Å². The molecule has 2 aromatic carbocycles. The van der Waals surface area contributed by atoms with Crippen LogP contribution in [0.25, 0.3) is 0 Å². The van der Waals surface area contributed by atoms with Crippen molar-refractivity contribution in [3.8, 4) is 11.5 Å². The zero-order valence-electron chi connectivity index (χ0n) is 12.3. The molecule has 2 atom stereocenters. The molecule has 3 rings (SSSR count). The topological polar surface area (TPSA) is 56.5 Å². The van der Waals surface area contributed by atoms with Crippen molar-refractivity contribution < 1.29 is 9.47 Å². The van der Waals surface area contributed by atoms with E-state index in [1.54, 1.807) is 14.2 Å². The highest BCUT2D eigenvalue weighted by molar-refractivity contribution is 5.57. The standard InChI is InChI=1S/C17H20N2O2/c1-20-16-8-7-11(9-17(16)21-2)15-10-13(18)12-5-3-4-6-14(12)19-15/h3-9,13,15,19H,10,18H2,1-2H3. The summed E-state index contributed by atoms with van der Waals surface area (Å²) < 4.78 is 10.7. The molecule has 4 heteroatoms. The fourth-order valence-electron chi connectivity index (χ4n) is 2.87. The summed E-state index contributed by atoms with van der Waals surface area (Å²) in [7, 11) is 3.29. The van der Waals surface area contributed by atoms with Crippen LogP contribution >= 0.6 is 0 Å². The smallest absolute Gasteiger partial charge is 0.161 e. The molecule has 0 aromatic heterocycles. The van der Waals surface area contributed by atoms with Crippen LogP contribution in [-0.2, 0) is 0 Å². The Morgan fingerprint density at radius 1 is 1.05 bits per heavy atom. The second kappa shape index (κ2) is 5.66. The van der Waals surface area contributed by atoms with Crippen LogP contribution in [0.15, 0.2) is 42.5 Å². The summed E-state index contributed by atoms with van der Waals surface area (Å²) in [5.74, 6) is 1.48. The highest BCUT2D eigenvalue weighted by atomic mass is 16.5. The second-order valence-corrected chi connectivity index (χ2v) is 5.24. The summed E-state index contributed by atoms with van der Waals surface area (Å²) in [4.78, 5) is 0. The maximum absolute atomic E-state index is 6.30. The van der Waals surface area contributed by atoms with Crippen molar-refractivity contribution in [3.05, 3.63) is 53.6 Å². The van der Waals surface area contributed by atoms with Gasteiger partial charge in [0.25, 0.3) is 0 Å². The van der Waals surface area contributed by atoms with Crippen LogP contribution in [0.3, 0.4) is 0 Å². The lowest BCUT2D eigenvalue weighted by atomic mass is 9.90. The Labute approximate surface area is 124 Å². The predicted molar refractivity (Wildman–Crippen MR) is 83.9 cm³/mol. The molecule has 110 valence electrons. The minimum absolute atomic E-state index is 0.0422. The van der Waals surface area contributed by atoms with E-state index in [2.05, 4.69) is 23.5 Å². The average molecular weight is 284 g/mol. The van der Waals surface area contributed by atoms with Crippen molar-refractivity contribution in [1.29, 1.82) is 0 Å². The molecule has 0 amide bonds. The molecule has 0 fully saturated rings. The molecule has 1 aliphatic rings. The lowest BCUT2D eigenvalue weighted by Gasteiger charge is -2.31. The van der Waals surface area contributed by atoms with Gasteiger partial charge < -0.3 is 20.5 Å². The van der Waals surface area contributed by atoms with Crippen LogP contribution in [0.1, 0.15) is 29.6 Å². The molecular weight excluding hydrogens is 264 g/mol. The highest BCUT2D eigenvalue weighted by Crippen LogP contribution is 2.39. The number of methoxy groups -OCH3 is 2. The fraction of sp³-hybridized carbons (Fsp3) is 0.294. The van der Waals surface area contributed by atoms with Gasteiger partial charge in [-0.2, -0.15) is 0 Å². The summed E-state index contributed by atoms with van der Waals surface area (Å²) in [5, 5.41) is 3.56. The molecule has 0 radical (unpaired) electrons. The third-order valence-corrected chi connectivity index (χ3v) is 3.99. The average Bonchev–Trinajstić information content (AvgIpc) is 2.54. The number of hydrogen-bond donors (Lipinski definition) is 2. The number of benzene rings is 2. The molecule has 4 nitrogen and oxygen atoms in total. The Hall–Kier alpha value is -2.20. The molecule has 2 unspecified atom stereocenters. The summed E-state index contributed by atoms with van der Waals surface area (Å²) in [6.45, 7) is 0. The first-order chi connectivity index (χ1) is 10.2. The number of nitrogens with two attached hydrogens (primary N) is 1. The largest absolute Gasteiger partial charge is 0.493 e. The molecule has 1 aliphatic heterocycles. The first-order valence-electron chi connectivity index (χ1n) is 7.06. The van der Waals surface area contributed by atoms with Gasteiger partial charge in [-0.1, -0.05) is 24.3 Å². The molecule has 0 spiro atoms. The van der Waals surface area contributed by atoms with Crippen molar-refractivity contribution in [2.45, 2.75) is 18.5 Å². The van der Waals surface area contributed by atoms with Crippen LogP contribution < -0.4 is 20.5 Å². The van der Waals surface area contributed by atoms with Gasteiger partial charge in [-0.15, -0.1) is 0 Å². The van der Waals surface area contributed by atoms with Crippen molar-refractivity contribution in [2.75, 3.05) is 19.5 Å². The van der Waals surface area contributed by atoms with E-state index in [0.29, 0.717) is 0 Å². The first-order valence-corrected chi connectivity index (χ1v) is 7.06. The number of para-hydroxylation sites is 1. The maximum atomic E-state index is 6.30. The predicted octanol–water partition coefficient (Wildman–Crippen LogP) is 3.26. The van der Waals surface area contributed by atoms with Crippen molar-refractivity contribution >= 4 is 5.69 Å². The first kappa shape index (κ1) is 13.8. The molecule has 21 heavy (non-hydrogen) atoms. The van der Waals surface area contributed by atoms with Crippen molar-refractivity contribution in [3.63, 3.8) is 0 Å². The minimum Gasteiger partial charge on any atom is -0.493 e. The van der Waals surface area contributed by atoms with Crippen molar-refractivity contribution in [1.82, 2.24) is 0 Å². The zero-order valence-corrected chi connectivity index (χ0v) is 12.3. The monoisotopic (exact) mass is 284 g/mol. The van der Waals surface area contributed by atoms with Gasteiger partial charge in [-0.05, 0) is 35.7 Å². The van der Waals surface area contributed by atoms with E-state index in [4.69, 9.17) is 15.2 Å². The normalized spacial score (nSPS) is 20.3. The quantitative estimate of drug-likeness (QED) is 0.908. The molecular formula is C17H20N2O2. The third-order valence-electron chi connectivity index (χ3n) is 3.99. The molecule has 1 heterocycles. The second-order valence-electron chi connectivity index (χ2n) is 5.24. The van der Waals surface area contributed by atoms with E-state index in [9.17, 15) is 0 Å². The van der Waals surface area contributed by atoms with E-state index in [0.717, 1.165) is 29.2 Å². The lowest BCUT2D eigenvalue weighted by molar-refractivity contribution is 0.354. The number of hydrogen-bond acceptors (Lipinski definition) is 4. The van der Waals surface area contributed by atoms with Crippen molar-refractivity contribution in [2.24, 2.45) is 5.73 Å². The Balaban J connectivity index is 1.92. The molecule has 0 aliphatic carbocycles. The van der Waals surface area contributed by atoms with Crippen LogP contribution in [0.4, 0.5) is 5.69 Å². The van der Waals surface area contributed by atoms with Crippen LogP contribution in [0.2, 0.25) is 0 Å². The van der Waals surface area contributed by atoms with Crippen LogP contribution in [0.5, 0.6) is 11.5 Å². The number of ether oxygens (including phenoxy) is 2. The molecule has 0 bridgehead atoms. The highest BCUT2D eigenvalue weighted by Gasteiger charge is 2.25. The van der Waals surface area contributed by atoms with Gasteiger partial charge in [0.2, 0.25) is 0 Å². The lowest BCUT2D eigenvalue weighted by Crippen LogP contribution is -2.26. The van der Waals surface area contributed by atoms with Gasteiger partial charge in [0.05, 0.1) is 20.3 Å². The minimum atomic E-state index is 0.0422. The molecule has 2 aromatic rings. The third kappa shape index (κ3) is 2.54. The Kier molecular flexibility index (Phi) is 3.71. The van der Waals surface area contributed by atoms with Gasteiger partial charge in [0, 0.05) is 11.7 Å².